The van der Waals surface area contributed by atoms with Gasteiger partial charge in [0, 0.05) is 30.5 Å². The molecule has 1 aromatic carbocycles. The summed E-state index contributed by atoms with van der Waals surface area (Å²) in [4.78, 5) is 8.84. The number of nitrogens with one attached hydrogen (secondary N) is 2. The SMILES string of the molecule is CN=C(NCc1cn2c(C)cccc2n1)NCc1ccccc1Cl.I. The van der Waals surface area contributed by atoms with Gasteiger partial charge in [0.1, 0.15) is 5.65 Å². The third kappa shape index (κ3) is 4.85. The number of fused-ring (bicyclic) bond motifs is 1. The highest BCUT2D eigenvalue weighted by molar-refractivity contribution is 14.0. The molecule has 0 saturated carbocycles. The summed E-state index contributed by atoms with van der Waals surface area (Å²) in [6.07, 6.45) is 2.04. The first-order chi connectivity index (χ1) is 11.7. The molecule has 0 fully saturated rings. The number of rotatable bonds is 4. The number of guanidine groups is 1. The van der Waals surface area contributed by atoms with Gasteiger partial charge in [0.15, 0.2) is 5.96 Å². The normalized spacial score (nSPS) is 11.2. The van der Waals surface area contributed by atoms with Crippen LogP contribution in [0.25, 0.3) is 5.65 Å². The molecule has 7 heteroatoms. The topological polar surface area (TPSA) is 53.7 Å². The Morgan fingerprint density at radius 1 is 1.12 bits per heavy atom. The molecule has 0 radical (unpaired) electrons. The highest BCUT2D eigenvalue weighted by Gasteiger charge is 2.05. The lowest BCUT2D eigenvalue weighted by atomic mass is 10.2. The Balaban J connectivity index is 0.00000225. The van der Waals surface area contributed by atoms with Crippen molar-refractivity contribution in [3.8, 4) is 0 Å². The van der Waals surface area contributed by atoms with Crippen LogP contribution in [-0.2, 0) is 13.1 Å². The van der Waals surface area contributed by atoms with Crippen LogP contribution in [0.1, 0.15) is 17.0 Å². The van der Waals surface area contributed by atoms with E-state index >= 15 is 0 Å². The largest absolute Gasteiger partial charge is 0.352 e. The molecule has 0 spiro atoms. The lowest BCUT2D eigenvalue weighted by Crippen LogP contribution is -2.36. The van der Waals surface area contributed by atoms with E-state index in [0.717, 1.165) is 27.6 Å². The van der Waals surface area contributed by atoms with Gasteiger partial charge in [-0.2, -0.15) is 0 Å². The van der Waals surface area contributed by atoms with Crippen molar-refractivity contribution in [3.63, 3.8) is 0 Å². The number of nitrogens with zero attached hydrogens (tertiary/aromatic N) is 3. The molecule has 132 valence electrons. The molecule has 0 atom stereocenters. The Kier molecular flexibility index (Phi) is 7.07. The van der Waals surface area contributed by atoms with Crippen molar-refractivity contribution in [2.24, 2.45) is 4.99 Å². The highest BCUT2D eigenvalue weighted by Crippen LogP contribution is 2.14. The van der Waals surface area contributed by atoms with Crippen LogP contribution in [0.4, 0.5) is 0 Å². The summed E-state index contributed by atoms with van der Waals surface area (Å²) in [6, 6.07) is 13.8. The van der Waals surface area contributed by atoms with E-state index in [1.54, 1.807) is 7.05 Å². The zero-order valence-corrected chi connectivity index (χ0v) is 17.2. The predicted octanol–water partition coefficient (Wildman–Crippen LogP) is 3.78. The Morgan fingerprint density at radius 2 is 1.88 bits per heavy atom. The van der Waals surface area contributed by atoms with E-state index in [9.17, 15) is 0 Å². The standard InChI is InChI=1S/C18H20ClN5.HI/c1-13-6-5-9-17-23-15(12-24(13)17)11-22-18(20-2)21-10-14-7-3-4-8-16(14)19;/h3-9,12H,10-11H2,1-2H3,(H2,20,21,22);1H. The Bertz CT molecular complexity index is 875. The molecule has 0 saturated heterocycles. The molecule has 2 aromatic heterocycles. The number of halogens is 2. The molecule has 2 N–H and O–H groups in total. The summed E-state index contributed by atoms with van der Waals surface area (Å²) >= 11 is 6.17. The fourth-order valence-corrected chi connectivity index (χ4v) is 2.70. The molecular weight excluding hydrogens is 449 g/mol. The maximum atomic E-state index is 6.17. The van der Waals surface area contributed by atoms with Gasteiger partial charge in [0.25, 0.3) is 0 Å². The minimum Gasteiger partial charge on any atom is -0.352 e. The second kappa shape index (κ2) is 9.05. The van der Waals surface area contributed by atoms with Gasteiger partial charge in [-0.3, -0.25) is 4.99 Å². The molecule has 0 amide bonds. The summed E-state index contributed by atoms with van der Waals surface area (Å²) in [6.45, 7) is 3.28. The van der Waals surface area contributed by atoms with Gasteiger partial charge >= 0.3 is 0 Å². The van der Waals surface area contributed by atoms with E-state index in [1.807, 2.05) is 42.6 Å². The molecule has 0 unspecified atom stereocenters. The van der Waals surface area contributed by atoms with Crippen LogP contribution in [0.15, 0.2) is 53.7 Å². The third-order valence-electron chi connectivity index (χ3n) is 3.81. The first-order valence-corrected chi connectivity index (χ1v) is 8.16. The number of benzene rings is 1. The van der Waals surface area contributed by atoms with E-state index in [4.69, 9.17) is 11.6 Å². The van der Waals surface area contributed by atoms with E-state index in [1.165, 1.54) is 0 Å². The van der Waals surface area contributed by atoms with Crippen molar-refractivity contribution >= 4 is 47.2 Å². The number of hydrogen-bond donors (Lipinski definition) is 2. The summed E-state index contributed by atoms with van der Waals surface area (Å²) < 4.78 is 2.08. The van der Waals surface area contributed by atoms with Gasteiger partial charge in [-0.25, -0.2) is 4.98 Å². The minimum absolute atomic E-state index is 0. The summed E-state index contributed by atoms with van der Waals surface area (Å²) in [7, 11) is 1.75. The second-order valence-electron chi connectivity index (χ2n) is 5.50. The molecular formula is C18H21ClIN5. The first kappa shape index (κ1) is 19.5. The molecule has 0 aliphatic rings. The third-order valence-corrected chi connectivity index (χ3v) is 4.18. The quantitative estimate of drug-likeness (QED) is 0.347. The van der Waals surface area contributed by atoms with Crippen molar-refractivity contribution in [2.45, 2.75) is 20.0 Å². The monoisotopic (exact) mass is 469 g/mol. The van der Waals surface area contributed by atoms with Crippen LogP contribution in [0.3, 0.4) is 0 Å². The van der Waals surface area contributed by atoms with E-state index < -0.39 is 0 Å². The molecule has 0 bridgehead atoms. The zero-order chi connectivity index (χ0) is 16.9. The Hall–Kier alpha value is -1.80. The fourth-order valence-electron chi connectivity index (χ4n) is 2.50. The van der Waals surface area contributed by atoms with Gasteiger partial charge in [0.05, 0.1) is 12.2 Å². The van der Waals surface area contributed by atoms with Crippen LogP contribution in [0, 0.1) is 6.92 Å². The fraction of sp³-hybridized carbons (Fsp3) is 0.222. The van der Waals surface area contributed by atoms with E-state index in [0.29, 0.717) is 19.0 Å². The number of aryl methyl sites for hydroxylation is 1. The number of imidazole rings is 1. The van der Waals surface area contributed by atoms with Crippen LogP contribution in [0.2, 0.25) is 5.02 Å². The van der Waals surface area contributed by atoms with Gasteiger partial charge in [0.2, 0.25) is 0 Å². The second-order valence-corrected chi connectivity index (χ2v) is 5.91. The van der Waals surface area contributed by atoms with Gasteiger partial charge in [-0.05, 0) is 30.7 Å². The molecule has 2 heterocycles. The lowest BCUT2D eigenvalue weighted by molar-refractivity contribution is 0.798. The molecule has 25 heavy (non-hydrogen) atoms. The van der Waals surface area contributed by atoms with Gasteiger partial charge < -0.3 is 15.0 Å². The summed E-state index contributed by atoms with van der Waals surface area (Å²) in [5.41, 5.74) is 4.11. The predicted molar refractivity (Wildman–Crippen MR) is 114 cm³/mol. The van der Waals surface area contributed by atoms with Crippen LogP contribution in [-0.4, -0.2) is 22.4 Å². The highest BCUT2D eigenvalue weighted by atomic mass is 127. The number of pyridine rings is 1. The zero-order valence-electron chi connectivity index (χ0n) is 14.2. The maximum absolute atomic E-state index is 6.17. The number of hydrogen-bond acceptors (Lipinski definition) is 2. The molecule has 0 aliphatic carbocycles. The molecule has 0 aliphatic heterocycles. The van der Waals surface area contributed by atoms with Crippen molar-refractivity contribution in [1.29, 1.82) is 0 Å². The van der Waals surface area contributed by atoms with Gasteiger partial charge in [-0.1, -0.05) is 35.9 Å². The number of aliphatic imine (C=N–C) groups is 1. The average molecular weight is 470 g/mol. The molecule has 5 nitrogen and oxygen atoms in total. The molecule has 3 rings (SSSR count). The average Bonchev–Trinajstić information content (AvgIpc) is 3.01. The van der Waals surface area contributed by atoms with E-state index in [-0.39, 0.29) is 24.0 Å². The smallest absolute Gasteiger partial charge is 0.191 e. The maximum Gasteiger partial charge on any atom is 0.191 e. The van der Waals surface area contributed by atoms with Gasteiger partial charge in [-0.15, -0.1) is 24.0 Å². The van der Waals surface area contributed by atoms with Crippen molar-refractivity contribution < 1.29 is 0 Å². The summed E-state index contributed by atoms with van der Waals surface area (Å²) in [5.74, 6) is 0.712. The van der Waals surface area contributed by atoms with Crippen LogP contribution < -0.4 is 10.6 Å². The summed E-state index contributed by atoms with van der Waals surface area (Å²) in [5, 5.41) is 7.28. The van der Waals surface area contributed by atoms with E-state index in [2.05, 4.69) is 38.0 Å². The lowest BCUT2D eigenvalue weighted by Gasteiger charge is -2.11. The molecule has 3 aromatic rings. The van der Waals surface area contributed by atoms with Crippen LogP contribution in [0.5, 0.6) is 0 Å². The van der Waals surface area contributed by atoms with Crippen LogP contribution >= 0.6 is 35.6 Å². The Labute approximate surface area is 169 Å². The first-order valence-electron chi connectivity index (χ1n) is 7.79. The van der Waals surface area contributed by atoms with Crippen molar-refractivity contribution in [3.05, 3.63) is 70.6 Å². The van der Waals surface area contributed by atoms with Crippen molar-refractivity contribution in [2.75, 3.05) is 7.05 Å². The Morgan fingerprint density at radius 3 is 2.60 bits per heavy atom. The van der Waals surface area contributed by atoms with Crippen molar-refractivity contribution in [1.82, 2.24) is 20.0 Å². The minimum atomic E-state index is 0. The number of aromatic nitrogens is 2.